The summed E-state index contributed by atoms with van der Waals surface area (Å²) in [6.07, 6.45) is 2.92. The number of nitrogens with one attached hydrogen (secondary N) is 1. The van der Waals surface area contributed by atoms with Crippen LogP contribution in [0.3, 0.4) is 0 Å². The van der Waals surface area contributed by atoms with Crippen LogP contribution in [0.2, 0.25) is 0 Å². The highest BCUT2D eigenvalue weighted by molar-refractivity contribution is 8.01. The molecular formula is C30H40N4O10S2. The molecule has 3 amide bonds. The Morgan fingerprint density at radius 3 is 2.26 bits per heavy atom. The molecule has 0 spiro atoms. The number of carbonyl (C=O) groups is 5. The van der Waals surface area contributed by atoms with Crippen LogP contribution in [-0.2, 0) is 43.3 Å². The lowest BCUT2D eigenvalue weighted by molar-refractivity contribution is -0.181. The van der Waals surface area contributed by atoms with Gasteiger partial charge in [0.15, 0.2) is 9.84 Å². The number of rotatable bonds is 12. The Hall–Kier alpha value is -3.37. The maximum atomic E-state index is 13.2. The third-order valence-corrected chi connectivity index (χ3v) is 13.5. The van der Waals surface area contributed by atoms with Crippen molar-refractivity contribution in [3.8, 4) is 5.75 Å². The number of fused-ring (bicyclic) bond motifs is 2. The summed E-state index contributed by atoms with van der Waals surface area (Å²) in [4.78, 5) is 66.6. The van der Waals surface area contributed by atoms with E-state index in [0.29, 0.717) is 17.9 Å². The topological polar surface area (TPSA) is 192 Å². The molecule has 1 unspecified atom stereocenters. The van der Waals surface area contributed by atoms with E-state index in [1.165, 1.54) is 30.5 Å². The average Bonchev–Trinajstić information content (AvgIpc) is 3.32. The number of hydrogen-bond donors (Lipinski definition) is 2. The van der Waals surface area contributed by atoms with Gasteiger partial charge in [-0.15, -0.1) is 11.8 Å². The van der Waals surface area contributed by atoms with E-state index in [1.807, 2.05) is 0 Å². The van der Waals surface area contributed by atoms with E-state index < -0.39 is 90.7 Å². The van der Waals surface area contributed by atoms with Gasteiger partial charge in [-0.3, -0.25) is 14.4 Å². The fourth-order valence-electron chi connectivity index (χ4n) is 6.35. The number of β-lactam (4-membered cyclic amide) rings is 2. The van der Waals surface area contributed by atoms with Gasteiger partial charge in [-0.1, -0.05) is 31.9 Å². The van der Waals surface area contributed by atoms with E-state index in [4.69, 9.17) is 19.9 Å². The fraction of sp³-hybridized carbons (Fsp3) is 0.633. The second kappa shape index (κ2) is 12.3. The van der Waals surface area contributed by atoms with Crippen LogP contribution in [0, 0.1) is 0 Å². The van der Waals surface area contributed by atoms with Gasteiger partial charge in [0, 0.05) is 4.75 Å². The SMILES string of the molecule is CCCCCOc1ccc(C(N)C(=O)N[C@@H]2C(=O)N3[C@@H]2SC(C)(C)[C@@H]3C(=O)OCOC(=O)[C@@H]2N3C(=O)C[C@H]3S(=O)(=O)C2(C)C)cc1. The van der Waals surface area contributed by atoms with Crippen LogP contribution in [0.5, 0.6) is 5.75 Å². The largest absolute Gasteiger partial charge is 0.494 e. The first-order valence-corrected chi connectivity index (χ1v) is 17.6. The monoisotopic (exact) mass is 680 g/mol. The van der Waals surface area contributed by atoms with Gasteiger partial charge in [0.05, 0.1) is 17.8 Å². The summed E-state index contributed by atoms with van der Waals surface area (Å²) in [6, 6.07) is 2.52. The van der Waals surface area contributed by atoms with Crippen molar-refractivity contribution in [3.63, 3.8) is 0 Å². The smallest absolute Gasteiger partial charge is 0.333 e. The number of ether oxygens (including phenoxy) is 3. The van der Waals surface area contributed by atoms with E-state index in [0.717, 1.165) is 24.2 Å². The maximum absolute atomic E-state index is 13.2. The molecule has 1 aromatic rings. The third-order valence-electron chi connectivity index (χ3n) is 9.10. The minimum Gasteiger partial charge on any atom is -0.494 e. The van der Waals surface area contributed by atoms with Gasteiger partial charge in [0.25, 0.3) is 0 Å². The highest BCUT2D eigenvalue weighted by Crippen LogP contribution is 2.51. The van der Waals surface area contributed by atoms with Gasteiger partial charge < -0.3 is 35.1 Å². The zero-order chi connectivity index (χ0) is 33.8. The summed E-state index contributed by atoms with van der Waals surface area (Å²) < 4.78 is 39.2. The van der Waals surface area contributed by atoms with Crippen LogP contribution < -0.4 is 15.8 Å². The molecule has 0 bridgehead atoms. The Morgan fingerprint density at radius 2 is 1.65 bits per heavy atom. The number of benzene rings is 1. The Morgan fingerprint density at radius 1 is 1.02 bits per heavy atom. The molecule has 1 aromatic carbocycles. The predicted octanol–water partition coefficient (Wildman–Crippen LogP) is 0.980. The molecule has 46 heavy (non-hydrogen) atoms. The molecule has 4 saturated heterocycles. The number of thioether (sulfide) groups is 1. The lowest BCUT2D eigenvalue weighted by Crippen LogP contribution is -2.71. The Bertz CT molecular complexity index is 1530. The molecule has 4 fully saturated rings. The first-order valence-electron chi connectivity index (χ1n) is 15.2. The second-order valence-corrected chi connectivity index (χ2v) is 17.4. The summed E-state index contributed by atoms with van der Waals surface area (Å²) in [5.41, 5.74) is 6.74. The van der Waals surface area contributed by atoms with E-state index in [9.17, 15) is 32.4 Å². The molecule has 0 aliphatic carbocycles. The van der Waals surface area contributed by atoms with Gasteiger partial charge in [-0.2, -0.15) is 0 Å². The lowest BCUT2D eigenvalue weighted by Gasteiger charge is -2.44. The molecule has 6 atom stereocenters. The van der Waals surface area contributed by atoms with E-state index in [2.05, 4.69) is 12.2 Å². The molecule has 252 valence electrons. The number of esters is 2. The molecule has 0 radical (unpaired) electrons. The van der Waals surface area contributed by atoms with Crippen molar-refractivity contribution < 1.29 is 46.6 Å². The number of nitrogens with two attached hydrogens (primary N) is 1. The molecule has 0 saturated carbocycles. The average molecular weight is 681 g/mol. The zero-order valence-electron chi connectivity index (χ0n) is 26.4. The van der Waals surface area contributed by atoms with Crippen molar-refractivity contribution in [2.75, 3.05) is 13.4 Å². The van der Waals surface area contributed by atoms with Crippen LogP contribution in [0.4, 0.5) is 0 Å². The minimum absolute atomic E-state index is 0.195. The van der Waals surface area contributed by atoms with E-state index in [1.54, 1.807) is 38.1 Å². The van der Waals surface area contributed by atoms with Gasteiger partial charge in [0.1, 0.15) is 40.7 Å². The Balaban J connectivity index is 1.14. The van der Waals surface area contributed by atoms with Crippen molar-refractivity contribution in [1.29, 1.82) is 0 Å². The number of amides is 3. The number of sulfone groups is 1. The van der Waals surface area contributed by atoms with Crippen molar-refractivity contribution >= 4 is 51.3 Å². The molecule has 0 aromatic heterocycles. The first kappa shape index (κ1) is 34.0. The van der Waals surface area contributed by atoms with Crippen molar-refractivity contribution in [1.82, 2.24) is 15.1 Å². The normalized spacial score (nSPS) is 28.7. The second-order valence-electron chi connectivity index (χ2n) is 12.9. The Kier molecular flexibility index (Phi) is 9.11. The summed E-state index contributed by atoms with van der Waals surface area (Å²) in [5, 5.41) is 1.07. The van der Waals surface area contributed by atoms with Gasteiger partial charge in [-0.25, -0.2) is 18.0 Å². The standard InChI is InChI=1S/C30H40N4O10S2/c1-6-7-8-13-42-17-11-9-16(10-12-17)20(31)24(36)32-21-25(37)34-22(29(2,3)45-26(21)34)27(38)43-15-44-28(39)23-30(4,5)46(40,41)19-14-18(35)33(19)23/h9-12,19-23,26H,6-8,13-15,31H2,1-5H3,(H,32,36)/t19-,20?,21-,22+,23+,26-/m1/s1. The van der Waals surface area contributed by atoms with Crippen molar-refractivity contribution in [3.05, 3.63) is 29.8 Å². The lowest BCUT2D eigenvalue weighted by atomic mass is 9.95. The molecule has 4 aliphatic rings. The molecule has 4 aliphatic heterocycles. The Labute approximate surface area is 271 Å². The van der Waals surface area contributed by atoms with E-state index in [-0.39, 0.29) is 6.42 Å². The van der Waals surface area contributed by atoms with Crippen LogP contribution in [0.1, 0.15) is 71.9 Å². The number of hydrogen-bond acceptors (Lipinski definition) is 12. The summed E-state index contributed by atoms with van der Waals surface area (Å²) in [5.74, 6) is -2.69. The highest BCUT2D eigenvalue weighted by Gasteiger charge is 2.68. The van der Waals surface area contributed by atoms with Gasteiger partial charge >= 0.3 is 11.9 Å². The maximum Gasteiger partial charge on any atom is 0.333 e. The van der Waals surface area contributed by atoms with Crippen molar-refractivity contribution in [2.45, 2.75) is 105 Å². The molecule has 4 heterocycles. The predicted molar refractivity (Wildman–Crippen MR) is 166 cm³/mol. The van der Waals surface area contributed by atoms with Crippen LogP contribution in [0.15, 0.2) is 24.3 Å². The van der Waals surface area contributed by atoms with Crippen LogP contribution in [-0.4, -0.2) is 99.6 Å². The first-order chi connectivity index (χ1) is 21.5. The summed E-state index contributed by atoms with van der Waals surface area (Å²) in [7, 11) is -3.81. The molecule has 3 N–H and O–H groups in total. The molecule has 14 nitrogen and oxygen atoms in total. The van der Waals surface area contributed by atoms with E-state index >= 15 is 0 Å². The number of unbranched alkanes of at least 4 members (excludes halogenated alkanes) is 2. The molecule has 5 rings (SSSR count). The van der Waals surface area contributed by atoms with Crippen LogP contribution in [0.25, 0.3) is 0 Å². The summed E-state index contributed by atoms with van der Waals surface area (Å²) >= 11 is 1.31. The van der Waals surface area contributed by atoms with Gasteiger partial charge in [-0.05, 0) is 51.8 Å². The van der Waals surface area contributed by atoms with Crippen LogP contribution >= 0.6 is 11.8 Å². The zero-order valence-corrected chi connectivity index (χ0v) is 28.0. The third kappa shape index (κ3) is 5.61. The van der Waals surface area contributed by atoms with Gasteiger partial charge in [0.2, 0.25) is 24.5 Å². The number of nitrogens with zero attached hydrogens (tertiary/aromatic N) is 2. The molecule has 16 heteroatoms. The quantitative estimate of drug-likeness (QED) is 0.138. The van der Waals surface area contributed by atoms with Crippen molar-refractivity contribution in [2.24, 2.45) is 5.73 Å². The fourth-order valence-corrected chi connectivity index (χ4v) is 10.1. The number of carbonyl (C=O) groups excluding carboxylic acids is 5. The molecular weight excluding hydrogens is 640 g/mol. The minimum atomic E-state index is -3.81. The highest BCUT2D eigenvalue weighted by atomic mass is 32.2. The summed E-state index contributed by atoms with van der Waals surface area (Å²) in [6.45, 7) is 8.07.